The molecule has 1 aromatic carbocycles. The Labute approximate surface area is 183 Å². The normalized spacial score (nSPS) is 15.5. The number of amides is 2. The van der Waals surface area contributed by atoms with E-state index in [-0.39, 0.29) is 31.3 Å². The number of ether oxygens (including phenoxy) is 2. The zero-order chi connectivity index (χ0) is 22.1. The lowest BCUT2D eigenvalue weighted by atomic mass is 10.1. The summed E-state index contributed by atoms with van der Waals surface area (Å²) >= 11 is 0. The number of benzene rings is 1. The van der Waals surface area contributed by atoms with Gasteiger partial charge in [-0.05, 0) is 39.2 Å². The van der Waals surface area contributed by atoms with Crippen molar-refractivity contribution in [3.05, 3.63) is 42.0 Å². The Hall–Kier alpha value is -3.03. The van der Waals surface area contributed by atoms with E-state index < -0.39 is 0 Å². The molecule has 1 aromatic heterocycles. The first-order valence-corrected chi connectivity index (χ1v) is 11.0. The Kier molecular flexibility index (Phi) is 8.32. The smallest absolute Gasteiger partial charge is 0.239 e. The van der Waals surface area contributed by atoms with E-state index in [2.05, 4.69) is 10.3 Å². The van der Waals surface area contributed by atoms with E-state index in [9.17, 15) is 9.59 Å². The average Bonchev–Trinajstić information content (AvgIpc) is 3.17. The van der Waals surface area contributed by atoms with Crippen LogP contribution in [0.4, 0.5) is 0 Å². The highest BCUT2D eigenvalue weighted by molar-refractivity contribution is 5.84. The molecular weight excluding hydrogens is 396 g/mol. The summed E-state index contributed by atoms with van der Waals surface area (Å²) in [6.07, 6.45) is 6.58. The van der Waals surface area contributed by atoms with Gasteiger partial charge in [-0.1, -0.05) is 12.1 Å². The number of hydrogen-bond acceptors (Lipinski definition) is 5. The zero-order valence-electron chi connectivity index (χ0n) is 18.4. The molecule has 8 nitrogen and oxygen atoms in total. The second kappa shape index (κ2) is 11.4. The second-order valence-electron chi connectivity index (χ2n) is 7.60. The van der Waals surface area contributed by atoms with Gasteiger partial charge in [-0.15, -0.1) is 0 Å². The molecule has 2 heterocycles. The molecule has 1 aliphatic heterocycles. The summed E-state index contributed by atoms with van der Waals surface area (Å²) in [6, 6.07) is 5.69. The van der Waals surface area contributed by atoms with Crippen molar-refractivity contribution in [1.82, 2.24) is 19.8 Å². The second-order valence-corrected chi connectivity index (χ2v) is 7.60. The predicted molar refractivity (Wildman–Crippen MR) is 117 cm³/mol. The number of imidazole rings is 1. The number of fused-ring (bicyclic) bond motifs is 1. The molecule has 31 heavy (non-hydrogen) atoms. The third-order valence-electron chi connectivity index (χ3n) is 5.29. The van der Waals surface area contributed by atoms with Crippen LogP contribution in [-0.4, -0.2) is 52.6 Å². The number of hydrogen-bond donors (Lipinski definition) is 1. The highest BCUT2D eigenvalue weighted by Crippen LogP contribution is 2.33. The molecule has 0 fully saturated rings. The van der Waals surface area contributed by atoms with E-state index in [0.717, 1.165) is 30.7 Å². The van der Waals surface area contributed by atoms with Crippen LogP contribution in [-0.2, 0) is 22.7 Å². The van der Waals surface area contributed by atoms with Gasteiger partial charge in [0.1, 0.15) is 5.82 Å². The first-order valence-electron chi connectivity index (χ1n) is 11.0. The maximum atomic E-state index is 13.1. The van der Waals surface area contributed by atoms with Crippen molar-refractivity contribution in [2.24, 2.45) is 0 Å². The molecule has 1 N–H and O–H groups in total. The fourth-order valence-electron chi connectivity index (χ4n) is 3.61. The molecule has 0 bridgehead atoms. The van der Waals surface area contributed by atoms with Gasteiger partial charge in [-0.25, -0.2) is 4.98 Å². The summed E-state index contributed by atoms with van der Waals surface area (Å²) in [6.45, 7) is 6.34. The quantitative estimate of drug-likeness (QED) is 0.791. The van der Waals surface area contributed by atoms with Crippen LogP contribution in [0.3, 0.4) is 0 Å². The van der Waals surface area contributed by atoms with Crippen LogP contribution in [0.25, 0.3) is 0 Å². The third kappa shape index (κ3) is 6.47. The highest BCUT2D eigenvalue weighted by atomic mass is 16.5. The van der Waals surface area contributed by atoms with Crippen molar-refractivity contribution in [3.8, 4) is 11.5 Å². The van der Waals surface area contributed by atoms with Crippen LogP contribution < -0.4 is 14.8 Å². The molecule has 0 unspecified atom stereocenters. The number of aryl methyl sites for hydroxylation is 2. The summed E-state index contributed by atoms with van der Waals surface area (Å²) in [4.78, 5) is 31.4. The van der Waals surface area contributed by atoms with Gasteiger partial charge in [0.05, 0.1) is 26.3 Å². The Bertz CT molecular complexity index is 880. The molecule has 0 aliphatic carbocycles. The number of para-hydroxylation sites is 1. The van der Waals surface area contributed by atoms with Gasteiger partial charge in [0.25, 0.3) is 0 Å². The van der Waals surface area contributed by atoms with Gasteiger partial charge in [-0.3, -0.25) is 9.59 Å². The van der Waals surface area contributed by atoms with Crippen molar-refractivity contribution < 1.29 is 19.1 Å². The van der Waals surface area contributed by atoms with Crippen LogP contribution in [0.5, 0.6) is 11.5 Å². The summed E-state index contributed by atoms with van der Waals surface area (Å²) < 4.78 is 13.8. The number of carbonyl (C=O) groups is 2. The van der Waals surface area contributed by atoms with Crippen LogP contribution >= 0.6 is 0 Å². The molecular formula is C23H32N4O4. The van der Waals surface area contributed by atoms with Gasteiger partial charge in [-0.2, -0.15) is 0 Å². The van der Waals surface area contributed by atoms with E-state index in [1.165, 1.54) is 0 Å². The standard InChI is InChI=1S/C23H32N4O4/c1-3-30-20-9-7-8-19-16-27(22(29)10-13-26-14-12-24-18(26)2)17-21(28)25-11-5-4-6-15-31-23(19)20/h7-9,12,14H,3-6,10-11,13,15-17H2,1-2H3,(H,25,28). The number of nitrogens with one attached hydrogen (secondary N) is 1. The van der Waals surface area contributed by atoms with Crippen molar-refractivity contribution in [3.63, 3.8) is 0 Å². The van der Waals surface area contributed by atoms with Crippen LogP contribution in [0, 0.1) is 6.92 Å². The highest BCUT2D eigenvalue weighted by Gasteiger charge is 2.21. The average molecular weight is 429 g/mol. The van der Waals surface area contributed by atoms with Crippen molar-refractivity contribution in [2.75, 3.05) is 26.3 Å². The van der Waals surface area contributed by atoms with Crippen LogP contribution in [0.15, 0.2) is 30.6 Å². The first-order chi connectivity index (χ1) is 15.1. The minimum Gasteiger partial charge on any atom is -0.490 e. The number of nitrogens with zero attached hydrogens (tertiary/aromatic N) is 3. The lowest BCUT2D eigenvalue weighted by Gasteiger charge is -2.24. The lowest BCUT2D eigenvalue weighted by molar-refractivity contribution is -0.136. The molecule has 2 aromatic rings. The van der Waals surface area contributed by atoms with E-state index in [4.69, 9.17) is 9.47 Å². The first kappa shape index (κ1) is 22.7. The zero-order valence-corrected chi connectivity index (χ0v) is 18.4. The minimum absolute atomic E-state index is 0.0139. The fourth-order valence-corrected chi connectivity index (χ4v) is 3.61. The van der Waals surface area contributed by atoms with Crippen molar-refractivity contribution >= 4 is 11.8 Å². The minimum atomic E-state index is -0.144. The van der Waals surface area contributed by atoms with Crippen LogP contribution in [0.1, 0.15) is 44.0 Å². The van der Waals surface area contributed by atoms with E-state index in [1.807, 2.05) is 42.8 Å². The van der Waals surface area contributed by atoms with Gasteiger partial charge in [0.2, 0.25) is 11.8 Å². The molecule has 1 aliphatic rings. The molecule has 0 spiro atoms. The van der Waals surface area contributed by atoms with Gasteiger partial charge < -0.3 is 24.3 Å². The van der Waals surface area contributed by atoms with E-state index in [1.54, 1.807) is 11.1 Å². The maximum Gasteiger partial charge on any atom is 0.239 e. The van der Waals surface area contributed by atoms with Gasteiger partial charge >= 0.3 is 0 Å². The summed E-state index contributed by atoms with van der Waals surface area (Å²) in [7, 11) is 0. The Morgan fingerprint density at radius 2 is 2.13 bits per heavy atom. The van der Waals surface area contributed by atoms with Crippen molar-refractivity contribution in [2.45, 2.75) is 52.6 Å². The SMILES string of the molecule is CCOc1cccc2c1OCCCCCNC(=O)CN(C(=O)CCn1ccnc1C)C2. The Morgan fingerprint density at radius 3 is 2.90 bits per heavy atom. The van der Waals surface area contributed by atoms with Crippen LogP contribution in [0.2, 0.25) is 0 Å². The molecule has 168 valence electrons. The predicted octanol–water partition coefficient (Wildman–Crippen LogP) is 2.69. The molecule has 0 atom stereocenters. The summed E-state index contributed by atoms with van der Waals surface area (Å²) in [5.74, 6) is 1.95. The molecule has 0 radical (unpaired) electrons. The molecule has 8 heteroatoms. The van der Waals surface area contributed by atoms with Gasteiger partial charge in [0, 0.05) is 37.5 Å². The fraction of sp³-hybridized carbons (Fsp3) is 0.522. The largest absolute Gasteiger partial charge is 0.490 e. The number of aromatic nitrogens is 2. The molecule has 0 saturated carbocycles. The summed E-state index contributed by atoms with van der Waals surface area (Å²) in [5, 5.41) is 2.93. The van der Waals surface area contributed by atoms with Gasteiger partial charge in [0.15, 0.2) is 11.5 Å². The lowest BCUT2D eigenvalue weighted by Crippen LogP contribution is -2.41. The molecule has 0 saturated heterocycles. The maximum absolute atomic E-state index is 13.1. The summed E-state index contributed by atoms with van der Waals surface area (Å²) in [5.41, 5.74) is 0.838. The molecule has 2 amide bonds. The monoisotopic (exact) mass is 428 g/mol. The van der Waals surface area contributed by atoms with E-state index in [0.29, 0.717) is 37.8 Å². The van der Waals surface area contributed by atoms with Crippen molar-refractivity contribution in [1.29, 1.82) is 0 Å². The number of rotatable bonds is 5. The third-order valence-corrected chi connectivity index (χ3v) is 5.29. The number of carbonyl (C=O) groups excluding carboxylic acids is 2. The molecule has 3 rings (SSSR count). The van der Waals surface area contributed by atoms with E-state index >= 15 is 0 Å². The Balaban J connectivity index is 1.82. The Morgan fingerprint density at radius 1 is 1.26 bits per heavy atom. The topological polar surface area (TPSA) is 85.7 Å².